The molecule has 1 aliphatic heterocycles. The lowest BCUT2D eigenvalue weighted by Crippen LogP contribution is -2.59. The van der Waals surface area contributed by atoms with Gasteiger partial charge < -0.3 is 40.2 Å². The number of carbonyl (C=O) groups is 5. The number of likely N-dealkylation sites (tertiary alicyclic amines) is 1. The number of hydrogen-bond acceptors (Lipinski definition) is 11. The van der Waals surface area contributed by atoms with Gasteiger partial charge in [0.15, 0.2) is 0 Å². The number of carboxylic acids is 1. The molecule has 2 aromatic heterocycles. The van der Waals surface area contributed by atoms with Crippen molar-refractivity contribution >= 4 is 69.4 Å². The van der Waals surface area contributed by atoms with Crippen molar-refractivity contribution in [2.24, 2.45) is 11.3 Å². The molecule has 17 heteroatoms. The second-order valence-electron chi connectivity index (χ2n) is 15.5. The maximum Gasteiger partial charge on any atom is 0.408 e. The summed E-state index contributed by atoms with van der Waals surface area (Å²) in [5, 5.41) is 21.2. The molecule has 4 N–H and O–H groups in total. The number of alkyl carbamates (subject to hydrolysis) is 1. The largest absolute Gasteiger partial charge is 0.495 e. The Hall–Kier alpha value is -4.96. The molecule has 0 unspecified atom stereocenters. The third-order valence-electron chi connectivity index (χ3n) is 10.5. The number of nitrogens with zero attached hydrogens (tertiary/aromatic N) is 3. The lowest BCUT2D eigenvalue weighted by atomic mass is 9.85. The molecule has 3 heterocycles. The van der Waals surface area contributed by atoms with E-state index in [1.165, 1.54) is 29.4 Å². The van der Waals surface area contributed by atoms with Crippen LogP contribution in [-0.2, 0) is 23.9 Å². The minimum atomic E-state index is -1.55. The van der Waals surface area contributed by atoms with Crippen molar-refractivity contribution in [3.05, 3.63) is 41.3 Å². The first-order valence-electron chi connectivity index (χ1n) is 18.6. The minimum absolute atomic E-state index is 0.0110. The van der Waals surface area contributed by atoms with Gasteiger partial charge in [0.1, 0.15) is 62.9 Å². The number of carboxylic acid groups (broad SMARTS) is 1. The van der Waals surface area contributed by atoms with Crippen molar-refractivity contribution in [3.8, 4) is 22.2 Å². The predicted octanol–water partition coefficient (Wildman–Crippen LogP) is 5.95. The molecule has 3 aliphatic rings. The number of amides is 4. The number of aliphatic carboxylic acids is 1. The van der Waals surface area contributed by atoms with E-state index in [1.807, 2.05) is 0 Å². The molecule has 15 nitrogen and oxygen atoms in total. The highest BCUT2D eigenvalue weighted by atomic mass is 35.5. The van der Waals surface area contributed by atoms with Crippen LogP contribution in [0.1, 0.15) is 72.6 Å². The van der Waals surface area contributed by atoms with Gasteiger partial charge in [0.25, 0.3) is 0 Å². The molecule has 5 atom stereocenters. The van der Waals surface area contributed by atoms with Crippen molar-refractivity contribution in [1.82, 2.24) is 25.5 Å². The maximum atomic E-state index is 14.6. The average Bonchev–Trinajstić information content (AvgIpc) is 3.57. The molecule has 56 heavy (non-hydrogen) atoms. The molecule has 0 spiro atoms. The third-order valence-corrected chi connectivity index (χ3v) is 11.7. The quantitative estimate of drug-likeness (QED) is 0.149. The second kappa shape index (κ2) is 16.3. The molecule has 3 fully saturated rings. The summed E-state index contributed by atoms with van der Waals surface area (Å²) in [5.41, 5.74) is -1.63. The number of carbonyl (C=O) groups excluding carboxylic acids is 4. The van der Waals surface area contributed by atoms with E-state index in [0.29, 0.717) is 38.9 Å². The highest BCUT2D eigenvalue weighted by Crippen LogP contribution is 2.45. The highest BCUT2D eigenvalue weighted by Gasteiger charge is 2.61. The Bertz CT molecular complexity index is 2050. The SMILES string of the molecule is C=C[C@@H]1C[C@]1(NC(=O)[C@@H]1C[C@@H](Oc2cc(-c3nc(NC(=O)CC)cs3)nc3c(Cl)c(OC)ccc23)CN1C(=O)[C@@H](NC(=O)OC1CCCC1)C(C)(C)C)C(=O)O. The summed E-state index contributed by atoms with van der Waals surface area (Å²) in [6, 6.07) is 2.81. The fourth-order valence-electron chi connectivity index (χ4n) is 7.25. The van der Waals surface area contributed by atoms with E-state index in [0.717, 1.165) is 25.7 Å². The zero-order valence-corrected chi connectivity index (χ0v) is 33.6. The summed E-state index contributed by atoms with van der Waals surface area (Å²) in [5.74, 6) is -2.05. The predicted molar refractivity (Wildman–Crippen MR) is 210 cm³/mol. The molecule has 2 aliphatic carbocycles. The normalized spacial score (nSPS) is 22.6. The number of benzene rings is 1. The van der Waals surface area contributed by atoms with Crippen LogP contribution in [-0.4, -0.2) is 93.2 Å². The number of pyridine rings is 1. The smallest absolute Gasteiger partial charge is 0.408 e. The minimum Gasteiger partial charge on any atom is -0.495 e. The van der Waals surface area contributed by atoms with Crippen LogP contribution in [0.25, 0.3) is 21.6 Å². The van der Waals surface area contributed by atoms with Gasteiger partial charge in [-0.15, -0.1) is 17.9 Å². The molecular formula is C39H47ClN6O9S. The van der Waals surface area contributed by atoms with Gasteiger partial charge in [-0.3, -0.25) is 14.4 Å². The van der Waals surface area contributed by atoms with Gasteiger partial charge in [0, 0.05) is 35.6 Å². The zero-order valence-electron chi connectivity index (χ0n) is 32.0. The van der Waals surface area contributed by atoms with E-state index >= 15 is 0 Å². The Morgan fingerprint density at radius 2 is 1.88 bits per heavy atom. The zero-order chi connectivity index (χ0) is 40.5. The van der Waals surface area contributed by atoms with Crippen LogP contribution >= 0.6 is 22.9 Å². The van der Waals surface area contributed by atoms with Gasteiger partial charge in [-0.1, -0.05) is 45.4 Å². The molecule has 1 aromatic carbocycles. The van der Waals surface area contributed by atoms with Gasteiger partial charge in [-0.2, -0.15) is 0 Å². The van der Waals surface area contributed by atoms with E-state index in [2.05, 4.69) is 27.5 Å². The number of rotatable bonds is 13. The van der Waals surface area contributed by atoms with E-state index in [1.54, 1.807) is 51.3 Å². The van der Waals surface area contributed by atoms with Crippen molar-refractivity contribution < 1.29 is 43.3 Å². The van der Waals surface area contributed by atoms with E-state index < -0.39 is 58.9 Å². The van der Waals surface area contributed by atoms with Gasteiger partial charge in [0.05, 0.1) is 19.2 Å². The van der Waals surface area contributed by atoms with Crippen LogP contribution in [0, 0.1) is 11.3 Å². The molecule has 4 amide bonds. The monoisotopic (exact) mass is 810 g/mol. The number of fused-ring (bicyclic) bond motifs is 1. The van der Waals surface area contributed by atoms with E-state index in [9.17, 15) is 29.1 Å². The number of halogens is 1. The lowest BCUT2D eigenvalue weighted by molar-refractivity contribution is -0.146. The molecule has 0 radical (unpaired) electrons. The summed E-state index contributed by atoms with van der Waals surface area (Å²) in [6.45, 7) is 10.8. The number of aromatic nitrogens is 2. The molecular weight excluding hydrogens is 764 g/mol. The number of anilines is 1. The van der Waals surface area contributed by atoms with Crippen LogP contribution < -0.4 is 25.4 Å². The van der Waals surface area contributed by atoms with Gasteiger partial charge in [-0.05, 0) is 49.7 Å². The molecule has 3 aromatic rings. The Balaban J connectivity index is 1.34. The van der Waals surface area contributed by atoms with Gasteiger partial charge in [0.2, 0.25) is 17.7 Å². The van der Waals surface area contributed by atoms with Crippen LogP contribution in [0.4, 0.5) is 10.6 Å². The van der Waals surface area contributed by atoms with E-state index in [-0.39, 0.29) is 42.8 Å². The first kappa shape index (κ1) is 40.7. The Kier molecular flexibility index (Phi) is 11.8. The Labute approximate surface area is 333 Å². The topological polar surface area (TPSA) is 198 Å². The van der Waals surface area contributed by atoms with Gasteiger partial charge in [-0.25, -0.2) is 19.6 Å². The number of hydrogen-bond donors (Lipinski definition) is 4. The Morgan fingerprint density at radius 3 is 2.50 bits per heavy atom. The lowest BCUT2D eigenvalue weighted by Gasteiger charge is -2.35. The highest BCUT2D eigenvalue weighted by molar-refractivity contribution is 7.13. The van der Waals surface area contributed by atoms with Crippen LogP contribution in [0.2, 0.25) is 5.02 Å². The van der Waals surface area contributed by atoms with Crippen molar-refractivity contribution in [3.63, 3.8) is 0 Å². The first-order valence-corrected chi connectivity index (χ1v) is 19.9. The molecule has 2 saturated carbocycles. The van der Waals surface area contributed by atoms with Crippen LogP contribution in [0.15, 0.2) is 36.2 Å². The molecule has 0 bridgehead atoms. The summed E-state index contributed by atoms with van der Waals surface area (Å²) in [7, 11) is 1.48. The average molecular weight is 811 g/mol. The number of thiazole rings is 1. The van der Waals surface area contributed by atoms with Gasteiger partial charge >= 0.3 is 12.1 Å². The first-order chi connectivity index (χ1) is 26.6. The summed E-state index contributed by atoms with van der Waals surface area (Å²) in [6.07, 6.45) is 3.55. The fourth-order valence-corrected chi connectivity index (χ4v) is 8.25. The third kappa shape index (κ3) is 8.41. The standard InChI is InChI=1S/C39H47ClN6O9S/c1-7-20-17-39(20,36(50)51)45-33(48)25-15-22(18-46(25)35(49)32(38(3,4)5)44-37(52)55-21-11-9-10-12-21)54-27-16-24(34-43-28(19-56-34)42-29(47)8-2)41-31-23(27)13-14-26(53-6)30(31)40/h7,13-14,16,19-22,25,32H,1,8-12,15,17-18H2,2-6H3,(H,42,47)(H,44,52)(H,45,48)(H,50,51)/t20-,22-,25+,32-,39-/m1/s1. The molecule has 300 valence electrons. The number of methoxy groups -OCH3 is 1. The van der Waals surface area contributed by atoms with Crippen molar-refractivity contribution in [1.29, 1.82) is 0 Å². The second-order valence-corrected chi connectivity index (χ2v) is 16.7. The van der Waals surface area contributed by atoms with Crippen LogP contribution in [0.5, 0.6) is 11.5 Å². The van der Waals surface area contributed by atoms with E-state index in [4.69, 9.17) is 30.8 Å². The number of nitrogens with one attached hydrogen (secondary N) is 3. The molecule has 1 saturated heterocycles. The maximum absolute atomic E-state index is 14.6. The Morgan fingerprint density at radius 1 is 1.14 bits per heavy atom. The summed E-state index contributed by atoms with van der Waals surface area (Å²) >= 11 is 8.03. The fraction of sp³-hybridized carbons (Fsp3) is 0.513. The van der Waals surface area contributed by atoms with Crippen molar-refractivity contribution in [2.75, 3.05) is 19.0 Å². The summed E-state index contributed by atoms with van der Waals surface area (Å²) < 4.78 is 17.7. The van der Waals surface area contributed by atoms with Crippen LogP contribution in [0.3, 0.4) is 0 Å². The molecule has 6 rings (SSSR count). The van der Waals surface area contributed by atoms with Crippen molar-refractivity contribution in [2.45, 2.75) is 102 Å². The number of ether oxygens (including phenoxy) is 3. The summed E-state index contributed by atoms with van der Waals surface area (Å²) in [4.78, 5) is 76.9.